The Morgan fingerprint density at radius 1 is 1.29 bits per heavy atom. The first-order chi connectivity index (χ1) is 11.5. The zero-order valence-electron chi connectivity index (χ0n) is 14.6. The number of aryl methyl sites for hydroxylation is 1. The number of likely N-dealkylation sites (tertiary alicyclic amines) is 1. The lowest BCUT2D eigenvalue weighted by atomic mass is 9.91. The first kappa shape index (κ1) is 18.4. The van der Waals surface area contributed by atoms with Crippen LogP contribution in [0, 0.1) is 11.7 Å². The zero-order chi connectivity index (χ0) is 17.5. The molecule has 0 bridgehead atoms. The minimum Gasteiger partial charge on any atom is -0.349 e. The van der Waals surface area contributed by atoms with Crippen LogP contribution in [-0.4, -0.2) is 48.8 Å². The lowest BCUT2D eigenvalue weighted by molar-refractivity contribution is -0.137. The number of piperidine rings is 1. The molecule has 2 amide bonds. The number of hydrogen-bond donors (Lipinski definition) is 0. The first-order valence-electron chi connectivity index (χ1n) is 8.68. The molecular weight excluding hydrogens is 307 g/mol. The van der Waals surface area contributed by atoms with Crippen molar-refractivity contribution in [3.63, 3.8) is 0 Å². The van der Waals surface area contributed by atoms with E-state index >= 15 is 0 Å². The summed E-state index contributed by atoms with van der Waals surface area (Å²) in [5.41, 5.74) is 1.01. The molecule has 0 spiro atoms. The van der Waals surface area contributed by atoms with Crippen LogP contribution in [0.2, 0.25) is 0 Å². The van der Waals surface area contributed by atoms with Crippen molar-refractivity contribution in [2.75, 3.05) is 27.2 Å². The van der Waals surface area contributed by atoms with Crippen molar-refractivity contribution in [3.8, 4) is 0 Å². The Bertz CT molecular complexity index is 574. The van der Waals surface area contributed by atoms with Gasteiger partial charge in [-0.2, -0.15) is 0 Å². The van der Waals surface area contributed by atoms with Gasteiger partial charge in [-0.1, -0.05) is 12.1 Å². The Kier molecular flexibility index (Phi) is 6.76. The second kappa shape index (κ2) is 8.81. The lowest BCUT2D eigenvalue weighted by Crippen LogP contribution is -2.40. The molecule has 0 aromatic heterocycles. The molecule has 1 atom stereocenters. The van der Waals surface area contributed by atoms with Gasteiger partial charge >= 0.3 is 0 Å². The fourth-order valence-corrected chi connectivity index (χ4v) is 3.19. The smallest absolute Gasteiger partial charge is 0.223 e. The normalized spacial score (nSPS) is 17.6. The van der Waals surface area contributed by atoms with Gasteiger partial charge in [-0.25, -0.2) is 4.39 Å². The average Bonchev–Trinajstić information content (AvgIpc) is 2.57. The average molecular weight is 334 g/mol. The molecule has 1 saturated heterocycles. The third-order valence-corrected chi connectivity index (χ3v) is 4.65. The number of nitrogens with zero attached hydrogens (tertiary/aromatic N) is 2. The topological polar surface area (TPSA) is 40.6 Å². The van der Waals surface area contributed by atoms with Crippen molar-refractivity contribution in [1.82, 2.24) is 9.80 Å². The van der Waals surface area contributed by atoms with E-state index in [1.807, 2.05) is 11.0 Å². The lowest BCUT2D eigenvalue weighted by Gasteiger charge is -2.33. The van der Waals surface area contributed by atoms with Crippen LogP contribution in [0.15, 0.2) is 24.3 Å². The molecule has 1 aliphatic heterocycles. The Balaban J connectivity index is 1.78. The number of rotatable bonds is 6. The van der Waals surface area contributed by atoms with Gasteiger partial charge in [-0.05, 0) is 49.3 Å². The van der Waals surface area contributed by atoms with Crippen LogP contribution >= 0.6 is 0 Å². The monoisotopic (exact) mass is 334 g/mol. The summed E-state index contributed by atoms with van der Waals surface area (Å²) < 4.78 is 13.2. The highest BCUT2D eigenvalue weighted by Gasteiger charge is 2.23. The van der Waals surface area contributed by atoms with Crippen molar-refractivity contribution >= 4 is 11.8 Å². The molecule has 0 N–H and O–H groups in total. The van der Waals surface area contributed by atoms with Gasteiger partial charge < -0.3 is 9.80 Å². The number of carbonyl (C=O) groups excluding carboxylic acids is 2. The van der Waals surface area contributed by atoms with Crippen LogP contribution in [0.1, 0.15) is 37.7 Å². The molecule has 1 aromatic rings. The maximum Gasteiger partial charge on any atom is 0.223 e. The minimum atomic E-state index is -0.196. The summed E-state index contributed by atoms with van der Waals surface area (Å²) in [4.78, 5) is 27.3. The molecule has 4 nitrogen and oxygen atoms in total. The van der Waals surface area contributed by atoms with Crippen LogP contribution < -0.4 is 0 Å². The van der Waals surface area contributed by atoms with Crippen molar-refractivity contribution in [3.05, 3.63) is 35.6 Å². The summed E-state index contributed by atoms with van der Waals surface area (Å²) in [6.45, 7) is 1.54. The number of hydrogen-bond acceptors (Lipinski definition) is 2. The van der Waals surface area contributed by atoms with Gasteiger partial charge in [-0.15, -0.1) is 0 Å². The van der Waals surface area contributed by atoms with Gasteiger partial charge in [0, 0.05) is 40.0 Å². The second-order valence-corrected chi connectivity index (χ2v) is 6.80. The van der Waals surface area contributed by atoms with Crippen LogP contribution in [-0.2, 0) is 16.0 Å². The predicted molar refractivity (Wildman–Crippen MR) is 92.0 cm³/mol. The third kappa shape index (κ3) is 5.62. The number of carbonyl (C=O) groups is 2. The van der Waals surface area contributed by atoms with Gasteiger partial charge in [0.25, 0.3) is 0 Å². The minimum absolute atomic E-state index is 0.0111. The van der Waals surface area contributed by atoms with Crippen LogP contribution in [0.4, 0.5) is 4.39 Å². The molecule has 1 fully saturated rings. The highest BCUT2D eigenvalue weighted by Crippen LogP contribution is 2.22. The summed E-state index contributed by atoms with van der Waals surface area (Å²) in [5.74, 6) is 0.317. The molecule has 132 valence electrons. The quantitative estimate of drug-likeness (QED) is 0.803. The molecule has 1 heterocycles. The standard InChI is InChI=1S/C19H27FN2O2/c1-21(2)18(23)10-11-19(24)22-12-4-6-16(14-22)9-8-15-5-3-7-17(20)13-15/h3,5,7,13,16H,4,6,8-12,14H2,1-2H3/t16-/m0/s1. The number of benzene rings is 1. The SMILES string of the molecule is CN(C)C(=O)CCC(=O)N1CCC[C@@H](CCc2cccc(F)c2)C1. The molecule has 5 heteroatoms. The molecule has 1 aromatic carbocycles. The van der Waals surface area contributed by atoms with Crippen molar-refractivity contribution < 1.29 is 14.0 Å². The molecule has 0 unspecified atom stereocenters. The summed E-state index contributed by atoms with van der Waals surface area (Å²) in [6, 6.07) is 6.73. The molecular formula is C19H27FN2O2. The highest BCUT2D eigenvalue weighted by molar-refractivity contribution is 5.83. The Morgan fingerprint density at radius 3 is 2.79 bits per heavy atom. The number of halogens is 1. The van der Waals surface area contributed by atoms with E-state index in [9.17, 15) is 14.0 Å². The Morgan fingerprint density at radius 2 is 2.08 bits per heavy atom. The van der Waals surface area contributed by atoms with Gasteiger partial charge in [-0.3, -0.25) is 9.59 Å². The van der Waals surface area contributed by atoms with Crippen LogP contribution in [0.3, 0.4) is 0 Å². The molecule has 0 aliphatic carbocycles. The van der Waals surface area contributed by atoms with Gasteiger partial charge in [0.1, 0.15) is 5.82 Å². The van der Waals surface area contributed by atoms with Crippen LogP contribution in [0.25, 0.3) is 0 Å². The van der Waals surface area contributed by atoms with Crippen molar-refractivity contribution in [2.24, 2.45) is 5.92 Å². The molecule has 24 heavy (non-hydrogen) atoms. The maximum atomic E-state index is 13.2. The van der Waals surface area contributed by atoms with E-state index in [2.05, 4.69) is 0 Å². The highest BCUT2D eigenvalue weighted by atomic mass is 19.1. The summed E-state index contributed by atoms with van der Waals surface area (Å²) >= 11 is 0. The van der Waals surface area contributed by atoms with E-state index in [-0.39, 0.29) is 30.5 Å². The summed E-state index contributed by atoms with van der Waals surface area (Å²) in [6.07, 6.45) is 4.47. The Labute approximate surface area is 143 Å². The van der Waals surface area contributed by atoms with E-state index in [4.69, 9.17) is 0 Å². The fourth-order valence-electron chi connectivity index (χ4n) is 3.19. The van der Waals surface area contributed by atoms with E-state index in [0.717, 1.165) is 44.3 Å². The van der Waals surface area contributed by atoms with E-state index in [0.29, 0.717) is 5.92 Å². The summed E-state index contributed by atoms with van der Waals surface area (Å²) in [7, 11) is 3.41. The predicted octanol–water partition coefficient (Wildman–Crippen LogP) is 2.87. The third-order valence-electron chi connectivity index (χ3n) is 4.65. The molecule has 0 radical (unpaired) electrons. The zero-order valence-corrected chi connectivity index (χ0v) is 14.6. The van der Waals surface area contributed by atoms with Gasteiger partial charge in [0.05, 0.1) is 0 Å². The first-order valence-corrected chi connectivity index (χ1v) is 8.68. The summed E-state index contributed by atoms with van der Waals surface area (Å²) in [5, 5.41) is 0. The van der Waals surface area contributed by atoms with Gasteiger partial charge in [0.2, 0.25) is 11.8 Å². The Hall–Kier alpha value is -1.91. The molecule has 1 aliphatic rings. The van der Waals surface area contributed by atoms with Crippen LogP contribution in [0.5, 0.6) is 0 Å². The maximum absolute atomic E-state index is 13.2. The van der Waals surface area contributed by atoms with E-state index < -0.39 is 0 Å². The largest absolute Gasteiger partial charge is 0.349 e. The second-order valence-electron chi connectivity index (χ2n) is 6.80. The number of amides is 2. The molecule has 2 rings (SSSR count). The fraction of sp³-hybridized carbons (Fsp3) is 0.579. The van der Waals surface area contributed by atoms with Crippen molar-refractivity contribution in [1.29, 1.82) is 0 Å². The van der Waals surface area contributed by atoms with Crippen molar-refractivity contribution in [2.45, 2.75) is 38.5 Å². The van der Waals surface area contributed by atoms with Gasteiger partial charge in [0.15, 0.2) is 0 Å². The molecule has 0 saturated carbocycles. The van der Waals surface area contributed by atoms with E-state index in [1.165, 1.54) is 11.0 Å². The van der Waals surface area contributed by atoms with E-state index in [1.54, 1.807) is 26.2 Å².